The highest BCUT2D eigenvalue weighted by Gasteiger charge is 2.37. The van der Waals surface area contributed by atoms with Crippen molar-refractivity contribution < 1.29 is 26.3 Å². The number of aromatic nitrogens is 1. The summed E-state index contributed by atoms with van der Waals surface area (Å²) in [6, 6.07) is 4.00. The minimum atomic E-state index is -4.97. The van der Waals surface area contributed by atoms with E-state index in [2.05, 4.69) is 4.98 Å². The number of aromatic amines is 1. The highest BCUT2D eigenvalue weighted by Crippen LogP contribution is 2.36. The van der Waals surface area contributed by atoms with Crippen LogP contribution in [0.1, 0.15) is 11.1 Å². The van der Waals surface area contributed by atoms with Gasteiger partial charge < -0.3 is 4.98 Å². The average Bonchev–Trinajstić information content (AvgIpc) is 2.36. The van der Waals surface area contributed by atoms with Gasteiger partial charge in [-0.2, -0.15) is 26.3 Å². The van der Waals surface area contributed by atoms with Crippen LogP contribution in [-0.2, 0) is 12.4 Å². The Morgan fingerprint density at radius 3 is 2.14 bits per heavy atom. The summed E-state index contributed by atoms with van der Waals surface area (Å²) in [5.41, 5.74) is -4.99. The van der Waals surface area contributed by atoms with Gasteiger partial charge in [0.2, 0.25) is 0 Å². The lowest BCUT2D eigenvalue weighted by Gasteiger charge is -2.13. The van der Waals surface area contributed by atoms with Crippen molar-refractivity contribution in [3.63, 3.8) is 0 Å². The summed E-state index contributed by atoms with van der Waals surface area (Å²) in [6.45, 7) is 0. The third-order valence-electron chi connectivity index (χ3n) is 2.72. The molecule has 0 saturated carbocycles. The standard InChI is InChI=1S/C13H7F6NO/c14-12(15,16)8-3-1-2-7(6-8)11-10(13(17,18)19)9(21)4-5-20-11/h1-6H,(H,20,21). The van der Waals surface area contributed by atoms with Gasteiger partial charge in [0.05, 0.1) is 11.3 Å². The first-order chi connectivity index (χ1) is 9.60. The Kier molecular flexibility index (Phi) is 3.56. The Morgan fingerprint density at radius 1 is 0.905 bits per heavy atom. The number of H-pyrrole nitrogens is 1. The fourth-order valence-corrected chi connectivity index (χ4v) is 1.84. The number of halogens is 6. The number of alkyl halides is 6. The van der Waals surface area contributed by atoms with Crippen molar-refractivity contribution in [2.24, 2.45) is 0 Å². The van der Waals surface area contributed by atoms with Crippen molar-refractivity contribution in [3.8, 4) is 11.3 Å². The van der Waals surface area contributed by atoms with Gasteiger partial charge in [-0.25, -0.2) is 0 Å². The van der Waals surface area contributed by atoms with Crippen LogP contribution < -0.4 is 5.43 Å². The van der Waals surface area contributed by atoms with E-state index in [1.165, 1.54) is 0 Å². The van der Waals surface area contributed by atoms with Gasteiger partial charge in [0.25, 0.3) is 0 Å². The SMILES string of the molecule is O=c1cc[nH]c(-c2cccc(C(F)(F)F)c2)c1C(F)(F)F. The number of benzene rings is 1. The highest BCUT2D eigenvalue weighted by molar-refractivity contribution is 5.64. The van der Waals surface area contributed by atoms with Gasteiger partial charge in [0.1, 0.15) is 5.56 Å². The van der Waals surface area contributed by atoms with E-state index in [0.717, 1.165) is 24.4 Å². The molecule has 1 aromatic heterocycles. The Balaban J connectivity index is 2.69. The molecule has 1 N–H and O–H groups in total. The first-order valence-corrected chi connectivity index (χ1v) is 5.57. The van der Waals surface area contributed by atoms with Crippen LogP contribution in [0.2, 0.25) is 0 Å². The van der Waals surface area contributed by atoms with E-state index in [1.54, 1.807) is 0 Å². The normalized spacial score (nSPS) is 12.5. The second-order valence-electron chi connectivity index (χ2n) is 4.17. The predicted molar refractivity (Wildman–Crippen MR) is 62.5 cm³/mol. The van der Waals surface area contributed by atoms with Crippen LogP contribution in [0.3, 0.4) is 0 Å². The van der Waals surface area contributed by atoms with Crippen LogP contribution in [0, 0.1) is 0 Å². The van der Waals surface area contributed by atoms with Crippen LogP contribution in [0.25, 0.3) is 11.3 Å². The summed E-state index contributed by atoms with van der Waals surface area (Å²) >= 11 is 0. The number of nitrogens with one attached hydrogen (secondary N) is 1. The largest absolute Gasteiger partial charge is 0.422 e. The molecule has 0 radical (unpaired) electrons. The molecule has 0 aliphatic rings. The fourth-order valence-electron chi connectivity index (χ4n) is 1.84. The number of hydrogen-bond donors (Lipinski definition) is 1. The van der Waals surface area contributed by atoms with Crippen molar-refractivity contribution in [1.82, 2.24) is 4.98 Å². The maximum absolute atomic E-state index is 12.9. The zero-order valence-electron chi connectivity index (χ0n) is 10.1. The maximum Gasteiger partial charge on any atom is 0.422 e. The monoisotopic (exact) mass is 307 g/mol. The summed E-state index contributed by atoms with van der Waals surface area (Å²) in [6.07, 6.45) is -8.71. The fraction of sp³-hybridized carbons (Fsp3) is 0.154. The topological polar surface area (TPSA) is 32.9 Å². The van der Waals surface area contributed by atoms with Gasteiger partial charge in [-0.1, -0.05) is 12.1 Å². The summed E-state index contributed by atoms with van der Waals surface area (Å²) in [7, 11) is 0. The molecule has 0 unspecified atom stereocenters. The van der Waals surface area contributed by atoms with E-state index in [0.29, 0.717) is 12.1 Å². The third-order valence-corrected chi connectivity index (χ3v) is 2.72. The zero-order chi connectivity index (χ0) is 15.8. The van der Waals surface area contributed by atoms with Gasteiger partial charge in [-0.15, -0.1) is 0 Å². The molecule has 0 saturated heterocycles. The molecule has 2 rings (SSSR count). The van der Waals surface area contributed by atoms with Crippen molar-refractivity contribution in [2.45, 2.75) is 12.4 Å². The Hall–Kier alpha value is -2.25. The predicted octanol–water partition coefficient (Wildman–Crippen LogP) is 4.08. The minimum Gasteiger partial charge on any atom is -0.360 e. The first-order valence-electron chi connectivity index (χ1n) is 5.57. The van der Waals surface area contributed by atoms with Crippen molar-refractivity contribution in [1.29, 1.82) is 0 Å². The molecule has 112 valence electrons. The Bertz CT molecular complexity index is 714. The Labute approximate surface area is 114 Å². The lowest BCUT2D eigenvalue weighted by Crippen LogP contribution is -2.20. The molecule has 1 heterocycles. The second kappa shape index (κ2) is 4.94. The first kappa shape index (κ1) is 15.1. The molecule has 1 aromatic carbocycles. The molecular weight excluding hydrogens is 300 g/mol. The summed E-state index contributed by atoms with van der Waals surface area (Å²) in [5, 5.41) is 0. The smallest absolute Gasteiger partial charge is 0.360 e. The van der Waals surface area contributed by atoms with E-state index in [4.69, 9.17) is 0 Å². The summed E-state index contributed by atoms with van der Waals surface area (Å²) in [5.74, 6) is 0. The highest BCUT2D eigenvalue weighted by atomic mass is 19.4. The van der Waals surface area contributed by atoms with Crippen LogP contribution in [0.15, 0.2) is 41.3 Å². The molecule has 0 atom stereocenters. The van der Waals surface area contributed by atoms with Crippen LogP contribution in [0.5, 0.6) is 0 Å². The molecule has 0 aliphatic heterocycles. The molecule has 21 heavy (non-hydrogen) atoms. The molecule has 0 fully saturated rings. The van der Waals surface area contributed by atoms with Crippen LogP contribution in [-0.4, -0.2) is 4.98 Å². The molecule has 0 aliphatic carbocycles. The van der Waals surface area contributed by atoms with E-state index >= 15 is 0 Å². The van der Waals surface area contributed by atoms with Gasteiger partial charge in [-0.05, 0) is 17.7 Å². The van der Waals surface area contributed by atoms with Crippen molar-refractivity contribution >= 4 is 0 Å². The van der Waals surface area contributed by atoms with Gasteiger partial charge >= 0.3 is 12.4 Å². The average molecular weight is 307 g/mol. The van der Waals surface area contributed by atoms with Gasteiger partial charge in [0, 0.05) is 12.3 Å². The van der Waals surface area contributed by atoms with Crippen LogP contribution >= 0.6 is 0 Å². The lowest BCUT2D eigenvalue weighted by atomic mass is 10.0. The molecule has 0 bridgehead atoms. The van der Waals surface area contributed by atoms with Crippen molar-refractivity contribution in [2.75, 3.05) is 0 Å². The molecule has 0 spiro atoms. The lowest BCUT2D eigenvalue weighted by molar-refractivity contribution is -0.138. The van der Waals surface area contributed by atoms with E-state index in [1.807, 2.05) is 0 Å². The summed E-state index contributed by atoms with van der Waals surface area (Å²) in [4.78, 5) is 13.6. The van der Waals surface area contributed by atoms with Crippen molar-refractivity contribution in [3.05, 3.63) is 57.9 Å². The quantitative estimate of drug-likeness (QED) is 0.791. The third kappa shape index (κ3) is 3.09. The van der Waals surface area contributed by atoms with E-state index in [9.17, 15) is 31.1 Å². The molecule has 2 nitrogen and oxygen atoms in total. The zero-order valence-corrected chi connectivity index (χ0v) is 10.1. The number of pyridine rings is 1. The number of rotatable bonds is 1. The van der Waals surface area contributed by atoms with E-state index < -0.39 is 34.6 Å². The maximum atomic E-state index is 12.9. The Morgan fingerprint density at radius 2 is 1.57 bits per heavy atom. The molecule has 0 amide bonds. The van der Waals surface area contributed by atoms with E-state index in [-0.39, 0.29) is 5.56 Å². The minimum absolute atomic E-state index is 0.366. The van der Waals surface area contributed by atoms with Crippen LogP contribution in [0.4, 0.5) is 26.3 Å². The second-order valence-corrected chi connectivity index (χ2v) is 4.17. The van der Waals surface area contributed by atoms with Gasteiger partial charge in [0.15, 0.2) is 5.43 Å². The number of hydrogen-bond acceptors (Lipinski definition) is 1. The summed E-state index contributed by atoms with van der Waals surface area (Å²) < 4.78 is 76.5. The molecule has 8 heteroatoms. The molecule has 2 aromatic rings. The molecular formula is C13H7F6NO. The van der Waals surface area contributed by atoms with Gasteiger partial charge in [-0.3, -0.25) is 4.79 Å².